The molecule has 5 heteroatoms. The van der Waals surface area contributed by atoms with Gasteiger partial charge < -0.3 is 20.1 Å². The maximum absolute atomic E-state index is 11.5. The van der Waals surface area contributed by atoms with E-state index in [1.807, 2.05) is 0 Å². The predicted molar refractivity (Wildman–Crippen MR) is 100 cm³/mol. The molecular formula is C21H38O5. The second-order valence-electron chi connectivity index (χ2n) is 9.74. The molecule has 0 aromatic carbocycles. The van der Waals surface area contributed by atoms with Crippen LogP contribution in [0, 0.1) is 28.6 Å². The zero-order valence-electron chi connectivity index (χ0n) is 17.3. The Morgan fingerprint density at radius 1 is 1.27 bits per heavy atom. The van der Waals surface area contributed by atoms with Gasteiger partial charge in [-0.25, -0.2) is 0 Å². The fraction of sp³-hybridized carbons (Fsp3) is 0.952. The quantitative estimate of drug-likeness (QED) is 0.648. The lowest BCUT2D eigenvalue weighted by atomic mass is 9.42. The first-order chi connectivity index (χ1) is 11.9. The molecule has 8 unspecified atom stereocenters. The topological polar surface area (TPSA) is 87.0 Å². The van der Waals surface area contributed by atoms with Crippen LogP contribution < -0.4 is 0 Å². The van der Waals surface area contributed by atoms with Crippen LogP contribution in [0.2, 0.25) is 0 Å². The molecule has 2 aliphatic carbocycles. The van der Waals surface area contributed by atoms with Crippen molar-refractivity contribution in [1.29, 1.82) is 0 Å². The van der Waals surface area contributed by atoms with Crippen LogP contribution >= 0.6 is 0 Å². The van der Waals surface area contributed by atoms with Gasteiger partial charge in [-0.15, -0.1) is 0 Å². The summed E-state index contributed by atoms with van der Waals surface area (Å²) in [4.78, 5) is 11.5. The molecule has 8 atom stereocenters. The van der Waals surface area contributed by atoms with Gasteiger partial charge in [0.25, 0.3) is 0 Å². The molecule has 152 valence electrons. The highest BCUT2D eigenvalue weighted by atomic mass is 16.5. The number of hydrogen-bond acceptors (Lipinski definition) is 5. The van der Waals surface area contributed by atoms with Crippen LogP contribution in [-0.4, -0.2) is 46.2 Å². The summed E-state index contributed by atoms with van der Waals surface area (Å²) in [5.41, 5.74) is -1.80. The molecule has 0 aromatic rings. The van der Waals surface area contributed by atoms with Crippen molar-refractivity contribution in [3.05, 3.63) is 0 Å². The fourth-order valence-corrected chi connectivity index (χ4v) is 5.76. The summed E-state index contributed by atoms with van der Waals surface area (Å²) in [6.45, 7) is 10.4. The average molecular weight is 371 g/mol. The van der Waals surface area contributed by atoms with E-state index in [1.165, 1.54) is 7.11 Å². The third kappa shape index (κ3) is 3.43. The minimum atomic E-state index is -1.31. The first-order valence-corrected chi connectivity index (χ1v) is 10.1. The number of methoxy groups -OCH3 is 1. The first kappa shape index (κ1) is 21.6. The third-order valence-corrected chi connectivity index (χ3v) is 8.28. The van der Waals surface area contributed by atoms with Gasteiger partial charge in [0.1, 0.15) is 6.10 Å². The largest absolute Gasteiger partial charge is 0.469 e. The van der Waals surface area contributed by atoms with E-state index in [-0.39, 0.29) is 23.2 Å². The van der Waals surface area contributed by atoms with E-state index < -0.39 is 23.2 Å². The van der Waals surface area contributed by atoms with E-state index in [1.54, 1.807) is 6.92 Å². The predicted octanol–water partition coefficient (Wildman–Crippen LogP) is 2.90. The number of ether oxygens (including phenoxy) is 1. The first-order valence-electron chi connectivity index (χ1n) is 10.1. The average Bonchev–Trinajstić information content (AvgIpc) is 2.58. The zero-order valence-corrected chi connectivity index (χ0v) is 17.3. The lowest BCUT2D eigenvalue weighted by Crippen LogP contribution is -2.68. The molecule has 0 saturated heterocycles. The van der Waals surface area contributed by atoms with E-state index in [9.17, 15) is 20.1 Å². The monoisotopic (exact) mass is 370 g/mol. The van der Waals surface area contributed by atoms with Crippen molar-refractivity contribution < 1.29 is 24.9 Å². The summed E-state index contributed by atoms with van der Waals surface area (Å²) in [6, 6.07) is 0. The summed E-state index contributed by atoms with van der Waals surface area (Å²) >= 11 is 0. The Bertz CT molecular complexity index is 519. The van der Waals surface area contributed by atoms with Crippen LogP contribution in [0.1, 0.15) is 73.1 Å². The van der Waals surface area contributed by atoms with Gasteiger partial charge in [0, 0.05) is 11.8 Å². The van der Waals surface area contributed by atoms with Gasteiger partial charge in [0.15, 0.2) is 0 Å². The summed E-state index contributed by atoms with van der Waals surface area (Å²) in [7, 11) is 1.42. The Labute approximate surface area is 158 Å². The molecule has 0 aromatic heterocycles. The summed E-state index contributed by atoms with van der Waals surface area (Å²) in [5.74, 6) is 0.643. The molecule has 0 radical (unpaired) electrons. The van der Waals surface area contributed by atoms with Gasteiger partial charge in [-0.2, -0.15) is 0 Å². The molecule has 2 fully saturated rings. The van der Waals surface area contributed by atoms with Crippen molar-refractivity contribution in [2.75, 3.05) is 7.11 Å². The van der Waals surface area contributed by atoms with Gasteiger partial charge in [-0.05, 0) is 62.2 Å². The summed E-state index contributed by atoms with van der Waals surface area (Å²) in [5, 5.41) is 32.0. The van der Waals surface area contributed by atoms with Crippen molar-refractivity contribution >= 4 is 5.97 Å². The Morgan fingerprint density at radius 3 is 2.46 bits per heavy atom. The molecule has 26 heavy (non-hydrogen) atoms. The van der Waals surface area contributed by atoms with Crippen molar-refractivity contribution in [1.82, 2.24) is 0 Å². The number of fused-ring (bicyclic) bond motifs is 1. The minimum absolute atomic E-state index is 0.0531. The normalized spacial score (nSPS) is 47.1. The molecule has 3 N–H and O–H groups in total. The smallest absolute Gasteiger partial charge is 0.305 e. The molecule has 2 aliphatic rings. The van der Waals surface area contributed by atoms with Gasteiger partial charge in [-0.3, -0.25) is 4.79 Å². The number of hydrogen-bond donors (Lipinski definition) is 3. The molecule has 0 amide bonds. The molecule has 2 saturated carbocycles. The highest BCUT2D eigenvalue weighted by Crippen LogP contribution is 2.64. The third-order valence-electron chi connectivity index (χ3n) is 8.28. The number of carbonyl (C=O) groups is 1. The Hall–Kier alpha value is -0.650. The second kappa shape index (κ2) is 7.40. The molecule has 0 aliphatic heterocycles. The van der Waals surface area contributed by atoms with Crippen molar-refractivity contribution in [3.8, 4) is 0 Å². The highest BCUT2D eigenvalue weighted by Gasteiger charge is 2.64. The molecule has 0 spiro atoms. The Kier molecular flexibility index (Phi) is 6.16. The molecule has 0 bridgehead atoms. The molecule has 2 rings (SSSR count). The second-order valence-corrected chi connectivity index (χ2v) is 9.74. The molecule has 0 heterocycles. The van der Waals surface area contributed by atoms with Crippen LogP contribution in [-0.2, 0) is 9.53 Å². The van der Waals surface area contributed by atoms with Gasteiger partial charge in [0.05, 0.1) is 18.8 Å². The van der Waals surface area contributed by atoms with E-state index in [4.69, 9.17) is 4.74 Å². The number of carbonyl (C=O) groups excluding carboxylic acids is 1. The number of aliphatic hydroxyl groups is 3. The molecular weight excluding hydrogens is 332 g/mol. The summed E-state index contributed by atoms with van der Waals surface area (Å²) in [6.07, 6.45) is 2.60. The van der Waals surface area contributed by atoms with Crippen molar-refractivity contribution in [2.24, 2.45) is 28.6 Å². The van der Waals surface area contributed by atoms with Crippen molar-refractivity contribution in [2.45, 2.75) is 91.0 Å². The number of esters is 1. The highest BCUT2D eigenvalue weighted by molar-refractivity contribution is 5.69. The maximum atomic E-state index is 11.5. The minimum Gasteiger partial charge on any atom is -0.469 e. The van der Waals surface area contributed by atoms with Crippen LogP contribution in [0.5, 0.6) is 0 Å². The Balaban J connectivity index is 2.24. The van der Waals surface area contributed by atoms with E-state index in [0.29, 0.717) is 18.8 Å². The molecule has 5 nitrogen and oxygen atoms in total. The van der Waals surface area contributed by atoms with Crippen LogP contribution in [0.25, 0.3) is 0 Å². The standard InChI is InChI=1S/C21H38O5/c1-13(11-17(23)26-6)7-9-19(3)14(2)8-10-20(4)16(19)12-15(22)18(24)21(20,5)25/h13-16,18,22,24-25H,7-12H2,1-6H3. The lowest BCUT2D eigenvalue weighted by molar-refractivity contribution is -0.264. The zero-order chi connectivity index (χ0) is 19.9. The van der Waals surface area contributed by atoms with Crippen LogP contribution in [0.15, 0.2) is 0 Å². The SMILES string of the molecule is COC(=O)CC(C)CCC1(C)C(C)CCC2(C)C1CC(O)C(O)C2(C)O. The fourth-order valence-electron chi connectivity index (χ4n) is 5.76. The van der Waals surface area contributed by atoms with Gasteiger partial charge >= 0.3 is 5.97 Å². The summed E-state index contributed by atoms with van der Waals surface area (Å²) < 4.78 is 4.78. The number of rotatable bonds is 5. The van der Waals surface area contributed by atoms with Gasteiger partial charge in [0.2, 0.25) is 0 Å². The van der Waals surface area contributed by atoms with Crippen LogP contribution in [0.4, 0.5) is 0 Å². The van der Waals surface area contributed by atoms with Gasteiger partial charge in [-0.1, -0.05) is 27.7 Å². The Morgan fingerprint density at radius 2 is 1.88 bits per heavy atom. The maximum Gasteiger partial charge on any atom is 0.305 e. The van der Waals surface area contributed by atoms with E-state index in [2.05, 4.69) is 27.7 Å². The van der Waals surface area contributed by atoms with Crippen LogP contribution in [0.3, 0.4) is 0 Å². The van der Waals surface area contributed by atoms with E-state index >= 15 is 0 Å². The number of aliphatic hydroxyl groups excluding tert-OH is 2. The van der Waals surface area contributed by atoms with E-state index in [0.717, 1.165) is 25.7 Å². The lowest BCUT2D eigenvalue weighted by Gasteiger charge is -2.64. The van der Waals surface area contributed by atoms with Crippen molar-refractivity contribution in [3.63, 3.8) is 0 Å².